The van der Waals surface area contributed by atoms with Crippen molar-refractivity contribution in [2.24, 2.45) is 11.8 Å². The van der Waals surface area contributed by atoms with Gasteiger partial charge in [-0.2, -0.15) is 0 Å². The van der Waals surface area contributed by atoms with Crippen LogP contribution in [0.2, 0.25) is 13.1 Å². The summed E-state index contributed by atoms with van der Waals surface area (Å²) in [6, 6.07) is 33.4. The van der Waals surface area contributed by atoms with Crippen molar-refractivity contribution in [3.05, 3.63) is 129 Å². The molecule has 2 aliphatic rings. The Morgan fingerprint density at radius 2 is 0.940 bits per heavy atom. The molecule has 0 aliphatic heterocycles. The summed E-state index contributed by atoms with van der Waals surface area (Å²) in [6.07, 6.45) is 15.1. The van der Waals surface area contributed by atoms with Gasteiger partial charge in [0.25, 0.3) is 0 Å². The summed E-state index contributed by atoms with van der Waals surface area (Å²) >= 11 is -2.25. The van der Waals surface area contributed by atoms with Crippen LogP contribution in [0.4, 0.5) is 0 Å². The fourth-order valence-electron chi connectivity index (χ4n) is 9.05. The molecule has 0 radical (unpaired) electrons. The summed E-state index contributed by atoms with van der Waals surface area (Å²) < 4.78 is 1.33. The van der Waals surface area contributed by atoms with Gasteiger partial charge in [-0.05, 0) is 0 Å². The van der Waals surface area contributed by atoms with Crippen LogP contribution in [0.15, 0.2) is 96.1 Å². The maximum atomic E-state index is 2.73. The van der Waals surface area contributed by atoms with E-state index >= 15 is 0 Å². The first kappa shape index (κ1) is 37.2. The normalized spacial score (nSPS) is 16.6. The number of unbranched alkanes of at least 4 members (excludes halogenated alkanes) is 2. The van der Waals surface area contributed by atoms with E-state index in [1.807, 2.05) is 0 Å². The minimum absolute atomic E-state index is 0.657. The third-order valence-corrected chi connectivity index (χ3v) is 32.9. The molecule has 2 heteroatoms. The van der Waals surface area contributed by atoms with Gasteiger partial charge in [0.1, 0.15) is 0 Å². The van der Waals surface area contributed by atoms with Crippen LogP contribution in [0.3, 0.4) is 0 Å². The number of benzene rings is 4. The van der Waals surface area contributed by atoms with Crippen molar-refractivity contribution >= 4 is 18.1 Å². The Hall–Kier alpha value is -2.54. The van der Waals surface area contributed by atoms with Crippen molar-refractivity contribution in [3.63, 3.8) is 0 Å². The van der Waals surface area contributed by atoms with Gasteiger partial charge in [0, 0.05) is 0 Å². The van der Waals surface area contributed by atoms with E-state index in [1.165, 1.54) is 71.9 Å². The maximum absolute atomic E-state index is 2.73. The molecule has 2 atom stereocenters. The van der Waals surface area contributed by atoms with E-state index < -0.39 is 26.8 Å². The molecule has 6 rings (SSSR count). The topological polar surface area (TPSA) is 0 Å². The van der Waals surface area contributed by atoms with Crippen LogP contribution in [0, 0.1) is 11.8 Å². The van der Waals surface area contributed by atoms with Gasteiger partial charge in [-0.15, -0.1) is 0 Å². The third-order valence-electron chi connectivity index (χ3n) is 11.1. The molecule has 0 bridgehead atoms. The number of hydrogen-bond donors (Lipinski definition) is 0. The zero-order chi connectivity index (χ0) is 35.4. The van der Waals surface area contributed by atoms with Crippen LogP contribution >= 0.6 is 0 Å². The van der Waals surface area contributed by atoms with Crippen molar-refractivity contribution in [2.45, 2.75) is 113 Å². The Morgan fingerprint density at radius 1 is 0.540 bits per heavy atom. The van der Waals surface area contributed by atoms with Crippen LogP contribution in [-0.2, 0) is 33.8 Å². The summed E-state index contributed by atoms with van der Waals surface area (Å²) in [7, 11) is 0. The van der Waals surface area contributed by atoms with Crippen molar-refractivity contribution in [1.82, 2.24) is 0 Å². The predicted molar refractivity (Wildman–Crippen MR) is 220 cm³/mol. The molecule has 0 fully saturated rings. The fraction of sp³-hybridized carbons (Fsp3) is 0.417. The monoisotopic (exact) mass is 755 g/mol. The van der Waals surface area contributed by atoms with E-state index in [1.54, 1.807) is 33.4 Å². The molecule has 0 aromatic heterocycles. The summed E-state index contributed by atoms with van der Waals surface area (Å²) in [6.45, 7) is 19.9. The van der Waals surface area contributed by atoms with Crippen molar-refractivity contribution < 1.29 is 20.9 Å². The molecule has 0 spiro atoms. The van der Waals surface area contributed by atoms with Gasteiger partial charge in [0.2, 0.25) is 0 Å². The molecule has 2 aliphatic carbocycles. The first-order chi connectivity index (χ1) is 24.2. The van der Waals surface area contributed by atoms with Crippen LogP contribution in [0.1, 0.15) is 121 Å². The van der Waals surface area contributed by atoms with E-state index in [0.717, 1.165) is 12.8 Å². The summed E-state index contributed by atoms with van der Waals surface area (Å²) in [5.74, 6) is 0.322. The SMILES string of the molecule is CCCCc1ccccc1-c1cccc2c1C=C(CC(C)C)[CH]2[Zr]([CH]1C(CC(C)C)=Cc2c(-c3ccccc3CCCC)cccc21)[SiH](C)C. The average Bonchev–Trinajstić information content (AvgIpc) is 3.63. The quantitative estimate of drug-likeness (QED) is 0.106. The second-order valence-electron chi connectivity index (χ2n) is 16.3. The van der Waals surface area contributed by atoms with Gasteiger partial charge >= 0.3 is 316 Å². The summed E-state index contributed by atoms with van der Waals surface area (Å²) in [5.41, 5.74) is 18.9. The van der Waals surface area contributed by atoms with E-state index in [9.17, 15) is 0 Å². The zero-order valence-corrected chi connectivity index (χ0v) is 35.9. The van der Waals surface area contributed by atoms with Crippen LogP contribution in [0.25, 0.3) is 34.4 Å². The van der Waals surface area contributed by atoms with Crippen molar-refractivity contribution in [3.8, 4) is 22.3 Å². The van der Waals surface area contributed by atoms with Gasteiger partial charge in [0.15, 0.2) is 0 Å². The van der Waals surface area contributed by atoms with E-state index in [0.29, 0.717) is 19.1 Å². The van der Waals surface area contributed by atoms with E-state index in [-0.39, 0.29) is 0 Å². The number of rotatable bonds is 15. The molecule has 0 saturated carbocycles. The number of hydrogen-bond acceptors (Lipinski definition) is 0. The molecule has 0 N–H and O–H groups in total. The molecule has 4 aromatic carbocycles. The summed E-state index contributed by atoms with van der Waals surface area (Å²) in [4.78, 5) is 0. The summed E-state index contributed by atoms with van der Waals surface area (Å²) in [5, 5.41) is 0. The molecular weight excluding hydrogens is 696 g/mol. The molecule has 50 heavy (non-hydrogen) atoms. The minimum atomic E-state index is -2.25. The average molecular weight is 757 g/mol. The van der Waals surface area contributed by atoms with Crippen LogP contribution < -0.4 is 0 Å². The number of allylic oxidation sites excluding steroid dienone is 2. The molecule has 0 amide bonds. The van der Waals surface area contributed by atoms with E-state index in [4.69, 9.17) is 0 Å². The van der Waals surface area contributed by atoms with Crippen molar-refractivity contribution in [1.29, 1.82) is 0 Å². The molecule has 0 saturated heterocycles. The van der Waals surface area contributed by atoms with Gasteiger partial charge < -0.3 is 0 Å². The Morgan fingerprint density at radius 3 is 1.32 bits per heavy atom. The third kappa shape index (κ3) is 7.78. The number of fused-ring (bicyclic) bond motifs is 2. The van der Waals surface area contributed by atoms with Crippen molar-refractivity contribution in [2.75, 3.05) is 0 Å². The molecule has 261 valence electrons. The van der Waals surface area contributed by atoms with Gasteiger partial charge in [-0.1, -0.05) is 0 Å². The molecule has 2 unspecified atom stereocenters. The first-order valence-corrected chi connectivity index (χ1v) is 29.9. The van der Waals surface area contributed by atoms with E-state index in [2.05, 4.69) is 152 Å². The zero-order valence-electron chi connectivity index (χ0n) is 32.3. The Kier molecular flexibility index (Phi) is 12.6. The van der Waals surface area contributed by atoms with Crippen LogP contribution in [0.5, 0.6) is 0 Å². The number of aryl methyl sites for hydroxylation is 2. The van der Waals surface area contributed by atoms with Gasteiger partial charge in [-0.25, -0.2) is 0 Å². The Labute approximate surface area is 313 Å². The van der Waals surface area contributed by atoms with Gasteiger partial charge in [-0.3, -0.25) is 0 Å². The fourth-order valence-corrected chi connectivity index (χ4v) is 31.8. The molecule has 4 aromatic rings. The Bertz CT molecular complexity index is 1710. The molecule has 0 nitrogen and oxygen atoms in total. The predicted octanol–water partition coefficient (Wildman–Crippen LogP) is 14.0. The second-order valence-corrected chi connectivity index (χ2v) is 36.4. The Balaban J connectivity index is 1.52. The molecular formula is C48H61SiZr. The van der Waals surface area contributed by atoms with Gasteiger partial charge in [0.05, 0.1) is 0 Å². The first-order valence-electron chi connectivity index (χ1n) is 19.9. The van der Waals surface area contributed by atoms with Crippen LogP contribution in [-0.4, -0.2) is 5.92 Å². The second kappa shape index (κ2) is 16.9. The molecule has 0 heterocycles. The standard InChI is InChI=1S/2C23H27.C2H7Si.Zr/c2*1-4-5-9-19-10-6-7-12-21(19)22-13-8-11-20-15-18(14-17(2)3)16-23(20)22;1-3-2;/h2*6-8,10-13,15-17H,4-5,9,14H2,1-3H3;3H,1-2H3;.